The van der Waals surface area contributed by atoms with E-state index < -0.39 is 0 Å². The molecule has 0 bridgehead atoms. The molecule has 3 N–H and O–H groups in total. The summed E-state index contributed by atoms with van der Waals surface area (Å²) in [5, 5.41) is 4.00. The molecule has 1 saturated carbocycles. The Bertz CT molecular complexity index is 611. The van der Waals surface area contributed by atoms with Crippen LogP contribution in [0.25, 0.3) is 0 Å². The number of rotatable bonds is 6. The summed E-state index contributed by atoms with van der Waals surface area (Å²) in [7, 11) is 0. The van der Waals surface area contributed by atoms with Crippen molar-refractivity contribution in [3.8, 4) is 5.88 Å². The van der Waals surface area contributed by atoms with Gasteiger partial charge in [0.25, 0.3) is 0 Å². The van der Waals surface area contributed by atoms with Gasteiger partial charge in [-0.3, -0.25) is 0 Å². The maximum Gasteiger partial charge on any atom is 0.239 e. The van der Waals surface area contributed by atoms with Crippen molar-refractivity contribution >= 4 is 23.1 Å². The molecule has 1 aromatic heterocycles. The van der Waals surface area contributed by atoms with Crippen LogP contribution in [0.3, 0.4) is 0 Å². The number of pyridine rings is 1. The van der Waals surface area contributed by atoms with Crippen LogP contribution in [0.4, 0.5) is 11.5 Å². The van der Waals surface area contributed by atoms with Crippen molar-refractivity contribution < 1.29 is 4.74 Å². The Morgan fingerprint density at radius 1 is 1.19 bits per heavy atom. The summed E-state index contributed by atoms with van der Waals surface area (Å²) in [5.74, 6) is 1.95. The zero-order chi connectivity index (χ0) is 14.7. The van der Waals surface area contributed by atoms with Crippen LogP contribution in [0.1, 0.15) is 18.4 Å². The highest BCUT2D eigenvalue weighted by atomic mass is 35.5. The van der Waals surface area contributed by atoms with E-state index in [1.807, 2.05) is 36.4 Å². The Morgan fingerprint density at radius 2 is 1.95 bits per heavy atom. The molecule has 1 aliphatic rings. The van der Waals surface area contributed by atoms with E-state index in [9.17, 15) is 0 Å². The molecule has 0 radical (unpaired) electrons. The molecule has 2 aromatic rings. The van der Waals surface area contributed by atoms with Crippen LogP contribution in [-0.4, -0.2) is 11.6 Å². The van der Waals surface area contributed by atoms with Gasteiger partial charge >= 0.3 is 0 Å². The van der Waals surface area contributed by atoms with Crippen LogP contribution in [0.5, 0.6) is 5.88 Å². The fraction of sp³-hybridized carbons (Fsp3) is 0.312. The third kappa shape index (κ3) is 4.02. The molecule has 1 aliphatic carbocycles. The van der Waals surface area contributed by atoms with Crippen molar-refractivity contribution in [2.24, 2.45) is 5.92 Å². The summed E-state index contributed by atoms with van der Waals surface area (Å²) in [6.07, 6.45) is 2.49. The summed E-state index contributed by atoms with van der Waals surface area (Å²) < 4.78 is 5.68. The number of nitrogens with zero attached hydrogens (tertiary/aromatic N) is 1. The lowest BCUT2D eigenvalue weighted by atomic mass is 10.2. The van der Waals surface area contributed by atoms with E-state index in [0.29, 0.717) is 30.6 Å². The third-order valence-corrected chi connectivity index (χ3v) is 3.68. The Morgan fingerprint density at radius 3 is 2.67 bits per heavy atom. The fourth-order valence-electron chi connectivity index (χ4n) is 1.94. The molecule has 3 rings (SSSR count). The lowest BCUT2D eigenvalue weighted by molar-refractivity contribution is 0.290. The highest BCUT2D eigenvalue weighted by molar-refractivity contribution is 6.30. The Balaban J connectivity index is 1.61. The molecule has 110 valence electrons. The lowest BCUT2D eigenvalue weighted by Crippen LogP contribution is -2.06. The van der Waals surface area contributed by atoms with Crippen LogP contribution in [-0.2, 0) is 6.54 Å². The third-order valence-electron chi connectivity index (χ3n) is 3.43. The normalized spacial score (nSPS) is 14.0. The fourth-order valence-corrected chi connectivity index (χ4v) is 2.07. The minimum atomic E-state index is 0.517. The zero-order valence-corrected chi connectivity index (χ0v) is 12.4. The Labute approximate surface area is 129 Å². The topological polar surface area (TPSA) is 60.2 Å². The van der Waals surface area contributed by atoms with E-state index in [1.165, 1.54) is 12.8 Å². The van der Waals surface area contributed by atoms with E-state index in [4.69, 9.17) is 22.1 Å². The molecule has 0 aliphatic heterocycles. The van der Waals surface area contributed by atoms with E-state index in [-0.39, 0.29) is 0 Å². The van der Waals surface area contributed by atoms with Gasteiger partial charge in [0.05, 0.1) is 12.3 Å². The number of ether oxygens (including phenoxy) is 1. The number of benzene rings is 1. The maximum absolute atomic E-state index is 5.89. The first-order valence-electron chi connectivity index (χ1n) is 7.08. The van der Waals surface area contributed by atoms with E-state index in [0.717, 1.165) is 16.4 Å². The van der Waals surface area contributed by atoms with Crippen molar-refractivity contribution in [2.45, 2.75) is 19.4 Å². The summed E-state index contributed by atoms with van der Waals surface area (Å²) >= 11 is 5.87. The average molecular weight is 304 g/mol. The van der Waals surface area contributed by atoms with Crippen LogP contribution in [0, 0.1) is 5.92 Å². The largest absolute Gasteiger partial charge is 0.476 e. The van der Waals surface area contributed by atoms with Crippen LogP contribution >= 0.6 is 11.6 Å². The molecule has 1 fully saturated rings. The number of hydrogen-bond acceptors (Lipinski definition) is 4. The smallest absolute Gasteiger partial charge is 0.239 e. The molecule has 0 amide bonds. The second kappa shape index (κ2) is 6.22. The molecule has 21 heavy (non-hydrogen) atoms. The van der Waals surface area contributed by atoms with Crippen molar-refractivity contribution in [2.75, 3.05) is 17.7 Å². The standard InChI is InChI=1S/C16H18ClN3O/c17-13-5-3-11(4-6-13)9-19-15-8-7-14(18)16(20-15)21-10-12-1-2-12/h3-8,12H,1-2,9-10,18H2,(H,19,20). The van der Waals surface area contributed by atoms with Gasteiger partial charge in [-0.25, -0.2) is 0 Å². The quantitative estimate of drug-likeness (QED) is 0.854. The van der Waals surface area contributed by atoms with Gasteiger partial charge in [0, 0.05) is 11.6 Å². The number of anilines is 2. The number of hydrogen-bond donors (Lipinski definition) is 2. The van der Waals surface area contributed by atoms with Gasteiger partial charge in [-0.05, 0) is 48.6 Å². The molecule has 4 nitrogen and oxygen atoms in total. The van der Waals surface area contributed by atoms with Crippen molar-refractivity contribution in [3.63, 3.8) is 0 Å². The minimum absolute atomic E-state index is 0.517. The maximum atomic E-state index is 5.89. The molecular weight excluding hydrogens is 286 g/mol. The highest BCUT2D eigenvalue weighted by Crippen LogP contribution is 2.30. The second-order valence-electron chi connectivity index (χ2n) is 5.33. The van der Waals surface area contributed by atoms with Gasteiger partial charge in [0.2, 0.25) is 5.88 Å². The molecule has 0 saturated heterocycles. The van der Waals surface area contributed by atoms with Crippen LogP contribution < -0.4 is 15.8 Å². The molecule has 0 spiro atoms. The Kier molecular flexibility index (Phi) is 4.15. The van der Waals surface area contributed by atoms with Crippen LogP contribution in [0.2, 0.25) is 5.02 Å². The first-order chi connectivity index (χ1) is 10.2. The zero-order valence-electron chi connectivity index (χ0n) is 11.7. The van der Waals surface area contributed by atoms with E-state index in [2.05, 4.69) is 10.3 Å². The first-order valence-corrected chi connectivity index (χ1v) is 7.46. The summed E-state index contributed by atoms with van der Waals surface area (Å²) in [5.41, 5.74) is 7.60. The van der Waals surface area contributed by atoms with Crippen molar-refractivity contribution in [1.82, 2.24) is 4.98 Å². The van der Waals surface area contributed by atoms with Gasteiger partial charge in [-0.15, -0.1) is 0 Å². The molecule has 0 unspecified atom stereocenters. The van der Waals surface area contributed by atoms with Crippen molar-refractivity contribution in [1.29, 1.82) is 0 Å². The summed E-state index contributed by atoms with van der Waals surface area (Å²) in [6.45, 7) is 1.38. The number of aromatic nitrogens is 1. The lowest BCUT2D eigenvalue weighted by Gasteiger charge is -2.10. The van der Waals surface area contributed by atoms with Gasteiger partial charge in [-0.1, -0.05) is 23.7 Å². The number of nitrogen functional groups attached to an aromatic ring is 1. The average Bonchev–Trinajstić information content (AvgIpc) is 3.31. The van der Waals surface area contributed by atoms with Crippen molar-refractivity contribution in [3.05, 3.63) is 47.0 Å². The minimum Gasteiger partial charge on any atom is -0.476 e. The monoisotopic (exact) mass is 303 g/mol. The number of nitrogens with one attached hydrogen (secondary N) is 1. The predicted octanol–water partition coefficient (Wildman–Crippen LogP) is 3.72. The van der Waals surface area contributed by atoms with Gasteiger partial charge in [0.1, 0.15) is 5.82 Å². The number of halogens is 1. The predicted molar refractivity (Wildman–Crippen MR) is 85.6 cm³/mol. The van der Waals surface area contributed by atoms with Gasteiger partial charge in [-0.2, -0.15) is 4.98 Å². The molecule has 1 aromatic carbocycles. The summed E-state index contributed by atoms with van der Waals surface area (Å²) in [4.78, 5) is 4.42. The van der Waals surface area contributed by atoms with Crippen LogP contribution in [0.15, 0.2) is 36.4 Å². The Hall–Kier alpha value is -1.94. The van der Waals surface area contributed by atoms with E-state index in [1.54, 1.807) is 0 Å². The number of nitrogens with two attached hydrogens (primary N) is 1. The molecule has 0 atom stereocenters. The van der Waals surface area contributed by atoms with E-state index >= 15 is 0 Å². The van der Waals surface area contributed by atoms with Gasteiger partial charge < -0.3 is 15.8 Å². The molecule has 5 heteroatoms. The SMILES string of the molecule is Nc1ccc(NCc2ccc(Cl)cc2)nc1OCC1CC1. The highest BCUT2D eigenvalue weighted by Gasteiger charge is 2.22. The molecular formula is C16H18ClN3O. The summed E-state index contributed by atoms with van der Waals surface area (Å²) in [6, 6.07) is 11.4. The molecule has 1 heterocycles. The van der Waals surface area contributed by atoms with Gasteiger partial charge in [0.15, 0.2) is 0 Å². The first kappa shape index (κ1) is 14.0. The second-order valence-corrected chi connectivity index (χ2v) is 5.76.